The van der Waals surface area contributed by atoms with Crippen molar-refractivity contribution in [2.75, 3.05) is 25.7 Å². The molecule has 42 heavy (non-hydrogen) atoms. The minimum absolute atomic E-state index is 0.0330. The number of benzene rings is 2. The van der Waals surface area contributed by atoms with Crippen molar-refractivity contribution in [1.29, 1.82) is 0 Å². The smallest absolute Gasteiger partial charge is 0.350 e. The maximum Gasteiger partial charge on any atom is 0.350 e. The van der Waals surface area contributed by atoms with E-state index >= 15 is 0 Å². The van der Waals surface area contributed by atoms with Crippen LogP contribution in [-0.4, -0.2) is 48.6 Å². The van der Waals surface area contributed by atoms with Gasteiger partial charge in [-0.3, -0.25) is 14.5 Å². The van der Waals surface area contributed by atoms with Gasteiger partial charge < -0.3 is 19.3 Å². The molecule has 1 atom stereocenters. The molecule has 11 heteroatoms. The number of hydrogen-bond acceptors (Lipinski definition) is 9. The number of aliphatic hydroxyl groups is 1. The molecule has 0 radical (unpaired) electrons. The van der Waals surface area contributed by atoms with Crippen molar-refractivity contribution in [3.63, 3.8) is 0 Å². The van der Waals surface area contributed by atoms with Gasteiger partial charge in [0.1, 0.15) is 16.5 Å². The molecule has 0 bridgehead atoms. The van der Waals surface area contributed by atoms with Crippen molar-refractivity contribution < 1.29 is 38.1 Å². The number of amides is 1. The van der Waals surface area contributed by atoms with Crippen LogP contribution in [0.2, 0.25) is 0 Å². The van der Waals surface area contributed by atoms with Crippen molar-refractivity contribution in [2.24, 2.45) is 0 Å². The van der Waals surface area contributed by atoms with E-state index in [1.54, 1.807) is 32.0 Å². The highest BCUT2D eigenvalue weighted by molar-refractivity contribution is 7.17. The molecule has 222 valence electrons. The third-order valence-electron chi connectivity index (χ3n) is 7.01. The third-order valence-corrected chi connectivity index (χ3v) is 8.15. The van der Waals surface area contributed by atoms with Gasteiger partial charge in [0.25, 0.3) is 5.78 Å². The Morgan fingerprint density at radius 2 is 1.83 bits per heavy atom. The average molecular weight is 597 g/mol. The molecule has 0 saturated carbocycles. The summed E-state index contributed by atoms with van der Waals surface area (Å²) in [5.74, 6) is -2.87. The number of rotatable bonds is 11. The normalized spacial score (nSPS) is 16.1. The number of nitrogens with zero attached hydrogens (tertiary/aromatic N) is 2. The Kier molecular flexibility index (Phi) is 9.62. The zero-order valence-corrected chi connectivity index (χ0v) is 25.0. The number of esters is 1. The lowest BCUT2D eigenvalue weighted by atomic mass is 9.94. The Balaban J connectivity index is 1.85. The standard InChI is InChI=1S/C31H33FN2O7S/c1-6-7-8-9-14-41-22-13-12-19(16-23(22)39-4)25-24(26(35)20-11-10-17(2)21(32)15-20)27(36)29(37)34(25)31-33-18(3)28(42-31)30(38)40-5/h10-13,15-16,25,35H,6-9,14H2,1-5H3/b26-24+. The number of hydrogen-bond donors (Lipinski definition) is 1. The fourth-order valence-electron chi connectivity index (χ4n) is 4.69. The molecule has 1 aliphatic rings. The number of ketones is 1. The van der Waals surface area contributed by atoms with Gasteiger partial charge in [-0.2, -0.15) is 0 Å². The van der Waals surface area contributed by atoms with Crippen molar-refractivity contribution in [2.45, 2.75) is 52.5 Å². The van der Waals surface area contributed by atoms with Crippen LogP contribution in [0.1, 0.15) is 70.7 Å². The number of ether oxygens (including phenoxy) is 3. The van der Waals surface area contributed by atoms with Gasteiger partial charge in [-0.1, -0.05) is 55.7 Å². The first-order valence-corrected chi connectivity index (χ1v) is 14.4. The minimum atomic E-state index is -1.17. The zero-order chi connectivity index (χ0) is 30.6. The number of thiazole rings is 1. The van der Waals surface area contributed by atoms with Crippen LogP contribution in [0.25, 0.3) is 5.76 Å². The topological polar surface area (TPSA) is 115 Å². The lowest BCUT2D eigenvalue weighted by Gasteiger charge is -2.24. The summed E-state index contributed by atoms with van der Waals surface area (Å²) in [4.78, 5) is 45.0. The molecule has 0 aliphatic carbocycles. The first-order valence-electron chi connectivity index (χ1n) is 13.6. The number of methoxy groups -OCH3 is 2. The average Bonchev–Trinajstić information content (AvgIpc) is 3.49. The maximum absolute atomic E-state index is 14.5. The van der Waals surface area contributed by atoms with Crippen molar-refractivity contribution in [3.8, 4) is 11.5 Å². The molecule has 0 spiro atoms. The second-order valence-corrected chi connectivity index (χ2v) is 10.8. The summed E-state index contributed by atoms with van der Waals surface area (Å²) in [6.45, 7) is 5.77. The van der Waals surface area contributed by atoms with Gasteiger partial charge in [0.15, 0.2) is 16.6 Å². The zero-order valence-electron chi connectivity index (χ0n) is 24.2. The van der Waals surface area contributed by atoms with Crippen LogP contribution in [-0.2, 0) is 14.3 Å². The molecule has 2 heterocycles. The third kappa shape index (κ3) is 6.01. The van der Waals surface area contributed by atoms with Crippen molar-refractivity contribution in [1.82, 2.24) is 4.98 Å². The van der Waals surface area contributed by atoms with E-state index in [0.717, 1.165) is 48.0 Å². The number of carbonyl (C=O) groups excluding carboxylic acids is 3. The summed E-state index contributed by atoms with van der Waals surface area (Å²) < 4.78 is 30.8. The number of Topliss-reactive ketones (excluding diaryl/α,β-unsaturated/α-hetero) is 1. The SMILES string of the molecule is CCCCCCOc1ccc(C2/C(=C(\O)c3ccc(C)c(F)c3)C(=O)C(=O)N2c2nc(C)c(C(=O)OC)s2)cc1OC. The fourth-order valence-corrected chi connectivity index (χ4v) is 5.70. The Labute approximate surface area is 247 Å². The summed E-state index contributed by atoms with van der Waals surface area (Å²) in [6, 6.07) is 7.84. The van der Waals surface area contributed by atoms with E-state index < -0.39 is 35.3 Å². The second kappa shape index (κ2) is 13.2. The molecular formula is C31H33FN2O7S. The molecule has 2 aromatic carbocycles. The van der Waals surface area contributed by atoms with Crippen molar-refractivity contribution in [3.05, 3.63) is 75.0 Å². The molecule has 1 fully saturated rings. The Hall–Kier alpha value is -4.25. The highest BCUT2D eigenvalue weighted by Crippen LogP contribution is 2.45. The number of halogens is 1. The molecule has 3 aromatic rings. The van der Waals surface area contributed by atoms with E-state index in [2.05, 4.69) is 11.9 Å². The van der Waals surface area contributed by atoms with Gasteiger partial charge >= 0.3 is 11.9 Å². The van der Waals surface area contributed by atoms with Crippen LogP contribution in [0.4, 0.5) is 9.52 Å². The largest absolute Gasteiger partial charge is 0.507 e. The molecule has 1 saturated heterocycles. The quantitative estimate of drug-likeness (QED) is 0.0904. The van der Waals surface area contributed by atoms with Gasteiger partial charge in [0, 0.05) is 5.56 Å². The van der Waals surface area contributed by atoms with Crippen LogP contribution >= 0.6 is 11.3 Å². The molecule has 1 unspecified atom stereocenters. The Morgan fingerprint density at radius 3 is 2.50 bits per heavy atom. The summed E-state index contributed by atoms with van der Waals surface area (Å²) in [6.07, 6.45) is 4.12. The second-order valence-electron chi connectivity index (χ2n) is 9.86. The predicted molar refractivity (Wildman–Crippen MR) is 157 cm³/mol. The van der Waals surface area contributed by atoms with E-state index in [1.807, 2.05) is 0 Å². The van der Waals surface area contributed by atoms with Gasteiger partial charge in [-0.05, 0) is 49.6 Å². The lowest BCUT2D eigenvalue weighted by molar-refractivity contribution is -0.132. The first kappa shape index (κ1) is 30.7. The number of unbranched alkanes of at least 4 members (excludes halogenated alkanes) is 3. The number of aliphatic hydroxyl groups excluding tert-OH is 1. The fraction of sp³-hybridized carbons (Fsp3) is 0.355. The summed E-state index contributed by atoms with van der Waals surface area (Å²) in [7, 11) is 2.70. The van der Waals surface area contributed by atoms with E-state index in [0.29, 0.717) is 34.9 Å². The first-order chi connectivity index (χ1) is 20.1. The minimum Gasteiger partial charge on any atom is -0.507 e. The van der Waals surface area contributed by atoms with E-state index in [9.17, 15) is 23.9 Å². The maximum atomic E-state index is 14.5. The van der Waals surface area contributed by atoms with Crippen LogP contribution in [0.5, 0.6) is 11.5 Å². The monoisotopic (exact) mass is 596 g/mol. The van der Waals surface area contributed by atoms with Crippen molar-refractivity contribution >= 4 is 39.9 Å². The van der Waals surface area contributed by atoms with Gasteiger partial charge in [-0.15, -0.1) is 0 Å². The number of anilines is 1. The molecule has 1 aromatic heterocycles. The predicted octanol–water partition coefficient (Wildman–Crippen LogP) is 6.28. The number of carbonyl (C=O) groups is 3. The molecule has 1 amide bonds. The van der Waals surface area contributed by atoms with E-state index in [-0.39, 0.29) is 21.1 Å². The van der Waals surface area contributed by atoms with E-state index in [4.69, 9.17) is 14.2 Å². The van der Waals surface area contributed by atoms with Gasteiger partial charge in [0.05, 0.1) is 38.1 Å². The highest BCUT2D eigenvalue weighted by atomic mass is 32.1. The molecular weight excluding hydrogens is 563 g/mol. The Bertz CT molecular complexity index is 1550. The van der Waals surface area contributed by atoms with Crippen LogP contribution in [0.15, 0.2) is 42.0 Å². The van der Waals surface area contributed by atoms with Gasteiger partial charge in [-0.25, -0.2) is 14.2 Å². The summed E-state index contributed by atoms with van der Waals surface area (Å²) in [5.41, 5.74) is 0.849. The van der Waals surface area contributed by atoms with Crippen LogP contribution in [0, 0.1) is 19.7 Å². The molecule has 1 N–H and O–H groups in total. The number of aryl methyl sites for hydroxylation is 2. The van der Waals surface area contributed by atoms with E-state index in [1.165, 1.54) is 26.4 Å². The number of aromatic nitrogens is 1. The molecule has 1 aliphatic heterocycles. The van der Waals surface area contributed by atoms with Gasteiger partial charge in [0.2, 0.25) is 0 Å². The van der Waals surface area contributed by atoms with Crippen LogP contribution in [0.3, 0.4) is 0 Å². The summed E-state index contributed by atoms with van der Waals surface area (Å²) >= 11 is 0.885. The molecule has 9 nitrogen and oxygen atoms in total. The Morgan fingerprint density at radius 1 is 1.07 bits per heavy atom. The molecule has 4 rings (SSSR count). The lowest BCUT2D eigenvalue weighted by Crippen LogP contribution is -2.29. The highest BCUT2D eigenvalue weighted by Gasteiger charge is 2.48. The van der Waals surface area contributed by atoms with Crippen LogP contribution < -0.4 is 14.4 Å². The summed E-state index contributed by atoms with van der Waals surface area (Å²) in [5, 5.41) is 11.4.